The van der Waals surface area contributed by atoms with E-state index in [0.717, 1.165) is 36.9 Å². The quantitative estimate of drug-likeness (QED) is 0.619. The second-order valence-corrected chi connectivity index (χ2v) is 10.6. The minimum Gasteiger partial charge on any atom is -0.472 e. The van der Waals surface area contributed by atoms with Crippen molar-refractivity contribution < 1.29 is 19.1 Å². The van der Waals surface area contributed by atoms with Gasteiger partial charge in [0.25, 0.3) is 5.91 Å². The highest BCUT2D eigenvalue weighted by Gasteiger charge is 2.55. The van der Waals surface area contributed by atoms with E-state index in [1.807, 2.05) is 12.1 Å². The zero-order valence-electron chi connectivity index (χ0n) is 18.6. The molecule has 4 fully saturated rings. The molecule has 0 aromatic carbocycles. The van der Waals surface area contributed by atoms with E-state index < -0.39 is 6.10 Å². The standard InChI is InChI=1S/C25H25ClN4O4/c26-22-19-9-15(13-1-2-13)8-18(14-3-6-34-12-14)30(19)27-23(22)25(33)28-4-5-29(21(31)11-28)20-10-16-7-17(16)24(20)32/h3,6,8-9,12-13,16-17,20,24,32H,1-2,4-5,7,10-11H2/t16-,17-,20-,24-/m0/s1. The Labute approximate surface area is 201 Å². The second-order valence-electron chi connectivity index (χ2n) is 10.2. The molecule has 3 aromatic rings. The maximum absolute atomic E-state index is 13.4. The highest BCUT2D eigenvalue weighted by atomic mass is 35.5. The van der Waals surface area contributed by atoms with Crippen molar-refractivity contribution in [3.8, 4) is 11.3 Å². The van der Waals surface area contributed by atoms with Crippen LogP contribution in [0.2, 0.25) is 5.02 Å². The zero-order valence-corrected chi connectivity index (χ0v) is 19.3. The third-order valence-corrected chi connectivity index (χ3v) is 8.44. The molecule has 3 saturated carbocycles. The smallest absolute Gasteiger partial charge is 0.276 e. The van der Waals surface area contributed by atoms with Gasteiger partial charge in [-0.3, -0.25) is 9.59 Å². The molecular formula is C25H25ClN4O4. The number of hydrogen-bond acceptors (Lipinski definition) is 5. The summed E-state index contributed by atoms with van der Waals surface area (Å²) in [6.07, 6.45) is 7.04. The number of nitrogens with zero attached hydrogens (tertiary/aromatic N) is 4. The zero-order chi connectivity index (χ0) is 23.1. The number of pyridine rings is 1. The first-order chi connectivity index (χ1) is 16.5. The van der Waals surface area contributed by atoms with Gasteiger partial charge in [-0.15, -0.1) is 0 Å². The van der Waals surface area contributed by atoms with Gasteiger partial charge in [0.05, 0.1) is 40.9 Å². The third-order valence-electron chi connectivity index (χ3n) is 8.06. The van der Waals surface area contributed by atoms with Crippen molar-refractivity contribution in [1.82, 2.24) is 19.4 Å². The predicted octanol–water partition coefficient (Wildman–Crippen LogP) is 3.18. The Balaban J connectivity index is 1.18. The minimum absolute atomic E-state index is 0.0243. The van der Waals surface area contributed by atoms with Crippen LogP contribution in [0.15, 0.2) is 35.1 Å². The number of furan rings is 1. The number of halogens is 1. The Morgan fingerprint density at radius 3 is 2.74 bits per heavy atom. The van der Waals surface area contributed by atoms with E-state index in [1.54, 1.807) is 21.9 Å². The molecule has 3 aromatic heterocycles. The van der Waals surface area contributed by atoms with Crippen LogP contribution >= 0.6 is 11.6 Å². The molecule has 0 unspecified atom stereocenters. The van der Waals surface area contributed by atoms with Crippen LogP contribution in [0.4, 0.5) is 0 Å². The summed E-state index contributed by atoms with van der Waals surface area (Å²) in [4.78, 5) is 29.7. The third kappa shape index (κ3) is 3.11. The van der Waals surface area contributed by atoms with Gasteiger partial charge in [-0.1, -0.05) is 11.6 Å². The molecule has 4 atom stereocenters. The monoisotopic (exact) mass is 480 g/mol. The van der Waals surface area contributed by atoms with Gasteiger partial charge in [0.2, 0.25) is 5.91 Å². The van der Waals surface area contributed by atoms with Gasteiger partial charge in [0.1, 0.15) is 6.54 Å². The molecular weight excluding hydrogens is 456 g/mol. The van der Waals surface area contributed by atoms with Crippen LogP contribution in [0.1, 0.15) is 47.7 Å². The van der Waals surface area contributed by atoms with Gasteiger partial charge in [-0.25, -0.2) is 4.52 Å². The fourth-order valence-electron chi connectivity index (χ4n) is 5.91. The average Bonchev–Trinajstić information content (AvgIpc) is 3.71. The van der Waals surface area contributed by atoms with Crippen molar-refractivity contribution in [3.63, 3.8) is 0 Å². The van der Waals surface area contributed by atoms with E-state index in [9.17, 15) is 14.7 Å². The summed E-state index contributed by atoms with van der Waals surface area (Å²) in [5.41, 5.74) is 3.71. The molecule has 2 amide bonds. The average molecular weight is 481 g/mol. The number of carbonyl (C=O) groups excluding carboxylic acids is 2. The lowest BCUT2D eigenvalue weighted by Crippen LogP contribution is -2.57. The highest BCUT2D eigenvalue weighted by molar-refractivity contribution is 6.37. The molecule has 176 valence electrons. The summed E-state index contributed by atoms with van der Waals surface area (Å²) in [5.74, 6) is 0.930. The summed E-state index contributed by atoms with van der Waals surface area (Å²) < 4.78 is 6.99. The molecule has 7 rings (SSSR count). The van der Waals surface area contributed by atoms with Crippen molar-refractivity contribution >= 4 is 28.9 Å². The predicted molar refractivity (Wildman–Crippen MR) is 124 cm³/mol. The lowest BCUT2D eigenvalue weighted by molar-refractivity contribution is -0.140. The van der Waals surface area contributed by atoms with E-state index in [2.05, 4.69) is 11.2 Å². The number of piperazine rings is 1. The van der Waals surface area contributed by atoms with Crippen LogP contribution in [0.5, 0.6) is 0 Å². The summed E-state index contributed by atoms with van der Waals surface area (Å²) in [6, 6.07) is 5.85. The highest BCUT2D eigenvalue weighted by Crippen LogP contribution is 2.53. The van der Waals surface area contributed by atoms with E-state index in [1.165, 1.54) is 10.5 Å². The first kappa shape index (κ1) is 20.5. The Kier molecular flexibility index (Phi) is 4.42. The van der Waals surface area contributed by atoms with Gasteiger partial charge in [0.15, 0.2) is 5.69 Å². The van der Waals surface area contributed by atoms with E-state index >= 15 is 0 Å². The molecule has 0 bridgehead atoms. The fraction of sp³-hybridized carbons (Fsp3) is 0.480. The molecule has 4 aliphatic rings. The van der Waals surface area contributed by atoms with Crippen LogP contribution in [0, 0.1) is 11.8 Å². The first-order valence-electron chi connectivity index (χ1n) is 12.0. The van der Waals surface area contributed by atoms with Gasteiger partial charge >= 0.3 is 0 Å². The maximum atomic E-state index is 13.4. The summed E-state index contributed by atoms with van der Waals surface area (Å²) in [7, 11) is 0. The first-order valence-corrected chi connectivity index (χ1v) is 12.4. The topological polar surface area (TPSA) is 91.3 Å². The normalized spacial score (nSPS) is 28.6. The van der Waals surface area contributed by atoms with Gasteiger partial charge < -0.3 is 19.3 Å². The van der Waals surface area contributed by atoms with Crippen LogP contribution in [-0.4, -0.2) is 68.1 Å². The molecule has 34 heavy (non-hydrogen) atoms. The summed E-state index contributed by atoms with van der Waals surface area (Å²) in [6.45, 7) is 0.793. The van der Waals surface area contributed by atoms with Crippen LogP contribution in [0.3, 0.4) is 0 Å². The molecule has 1 aliphatic heterocycles. The van der Waals surface area contributed by atoms with Crippen LogP contribution in [0.25, 0.3) is 16.8 Å². The Morgan fingerprint density at radius 1 is 1.21 bits per heavy atom. The van der Waals surface area contributed by atoms with Crippen molar-refractivity contribution in [3.05, 3.63) is 47.0 Å². The summed E-state index contributed by atoms with van der Waals surface area (Å²) in [5, 5.41) is 15.4. The number of amides is 2. The molecule has 8 nitrogen and oxygen atoms in total. The molecule has 4 heterocycles. The number of aliphatic hydroxyl groups is 1. The van der Waals surface area contributed by atoms with Crippen molar-refractivity contribution in [1.29, 1.82) is 0 Å². The Hall–Kier alpha value is -2.84. The minimum atomic E-state index is -0.439. The number of aliphatic hydroxyl groups excluding tert-OH is 1. The summed E-state index contributed by atoms with van der Waals surface area (Å²) >= 11 is 6.73. The number of fused-ring (bicyclic) bond motifs is 2. The fourth-order valence-corrected chi connectivity index (χ4v) is 6.16. The van der Waals surface area contributed by atoms with Crippen LogP contribution in [-0.2, 0) is 4.79 Å². The van der Waals surface area contributed by atoms with Crippen molar-refractivity contribution in [2.24, 2.45) is 11.8 Å². The lowest BCUT2D eigenvalue weighted by Gasteiger charge is -2.39. The Bertz CT molecular complexity index is 1310. The van der Waals surface area contributed by atoms with E-state index in [4.69, 9.17) is 16.0 Å². The number of rotatable bonds is 4. The van der Waals surface area contributed by atoms with Crippen LogP contribution < -0.4 is 0 Å². The molecule has 0 radical (unpaired) electrons. The van der Waals surface area contributed by atoms with Crippen molar-refractivity contribution in [2.45, 2.75) is 43.7 Å². The number of carbonyl (C=O) groups is 2. The molecule has 3 aliphatic carbocycles. The second kappa shape index (κ2) is 7.33. The van der Waals surface area contributed by atoms with Gasteiger partial charge in [0, 0.05) is 18.7 Å². The van der Waals surface area contributed by atoms with E-state index in [-0.39, 0.29) is 30.1 Å². The molecule has 1 saturated heterocycles. The van der Waals surface area contributed by atoms with Gasteiger partial charge in [-0.05, 0) is 67.2 Å². The molecule has 9 heteroatoms. The van der Waals surface area contributed by atoms with Gasteiger partial charge in [-0.2, -0.15) is 5.10 Å². The largest absolute Gasteiger partial charge is 0.472 e. The molecule has 1 N–H and O–H groups in total. The van der Waals surface area contributed by atoms with Crippen molar-refractivity contribution in [2.75, 3.05) is 19.6 Å². The van der Waals surface area contributed by atoms with E-state index in [0.29, 0.717) is 41.4 Å². The lowest BCUT2D eigenvalue weighted by atomic mass is 10.1. The Morgan fingerprint density at radius 2 is 2.06 bits per heavy atom. The maximum Gasteiger partial charge on any atom is 0.276 e. The number of hydrogen-bond donors (Lipinski definition) is 1. The molecule has 0 spiro atoms. The SMILES string of the molecule is O=C(c1nn2c(-c3ccoc3)cc(C3CC3)cc2c1Cl)N1CCN([C@H]2C[C@@H]3C[C@@H]3[C@@H]2O)C(=O)C1. The number of aromatic nitrogens is 2.